The van der Waals surface area contributed by atoms with Crippen LogP contribution in [0.5, 0.6) is 0 Å². The first kappa shape index (κ1) is 13.1. The fourth-order valence-electron chi connectivity index (χ4n) is 1.80. The highest BCUT2D eigenvalue weighted by Crippen LogP contribution is 2.19. The normalized spacial score (nSPS) is 13.1. The number of nitrogens with one attached hydrogen (secondary N) is 1. The molecular weight excluding hydrogens is 248 g/mol. The molecule has 0 aromatic carbocycles. The zero-order valence-electron chi connectivity index (χ0n) is 10.9. The van der Waals surface area contributed by atoms with Crippen molar-refractivity contribution >= 4 is 11.5 Å². The van der Waals surface area contributed by atoms with Crippen LogP contribution >= 0.6 is 11.5 Å². The van der Waals surface area contributed by atoms with Crippen molar-refractivity contribution in [2.45, 2.75) is 32.9 Å². The molecule has 0 fully saturated rings. The van der Waals surface area contributed by atoms with Gasteiger partial charge >= 0.3 is 0 Å². The quantitative estimate of drug-likeness (QED) is 0.853. The maximum absolute atomic E-state index is 4.34. The minimum Gasteiger partial charge on any atom is -0.312 e. The lowest BCUT2D eigenvalue weighted by Gasteiger charge is -2.14. The Morgan fingerprint density at radius 2 is 2.28 bits per heavy atom. The highest BCUT2D eigenvalue weighted by Gasteiger charge is 2.16. The molecule has 0 aliphatic heterocycles. The van der Waals surface area contributed by atoms with Gasteiger partial charge in [-0.2, -0.15) is 5.10 Å². The monoisotopic (exact) mass is 266 g/mol. The van der Waals surface area contributed by atoms with Crippen molar-refractivity contribution in [1.29, 1.82) is 0 Å². The third-order valence-corrected chi connectivity index (χ3v) is 3.47. The minimum absolute atomic E-state index is 0.195. The van der Waals surface area contributed by atoms with E-state index in [1.807, 2.05) is 11.7 Å². The Morgan fingerprint density at radius 1 is 1.44 bits per heavy atom. The van der Waals surface area contributed by atoms with Crippen LogP contribution in [0.4, 0.5) is 0 Å². The summed E-state index contributed by atoms with van der Waals surface area (Å²) in [6.45, 7) is 5.24. The Balaban J connectivity index is 2.10. The van der Waals surface area contributed by atoms with Crippen molar-refractivity contribution in [3.8, 4) is 0 Å². The maximum atomic E-state index is 4.34. The van der Waals surface area contributed by atoms with Gasteiger partial charge in [0.15, 0.2) is 0 Å². The minimum atomic E-state index is 0.195. The van der Waals surface area contributed by atoms with Crippen molar-refractivity contribution in [2.75, 3.05) is 7.05 Å². The van der Waals surface area contributed by atoms with Crippen LogP contribution in [0.2, 0.25) is 0 Å². The molecule has 2 aromatic heterocycles. The number of hydrogen-bond acceptors (Lipinski definition) is 6. The molecule has 18 heavy (non-hydrogen) atoms. The third kappa shape index (κ3) is 3.11. The third-order valence-electron chi connectivity index (χ3n) is 2.69. The Bertz CT molecular complexity index is 464. The first-order chi connectivity index (χ1) is 8.70. The molecule has 98 valence electrons. The van der Waals surface area contributed by atoms with Crippen molar-refractivity contribution < 1.29 is 0 Å². The summed E-state index contributed by atoms with van der Waals surface area (Å²) in [5.41, 5.74) is 0. The Labute approximate surface area is 111 Å². The van der Waals surface area contributed by atoms with Gasteiger partial charge in [-0.15, -0.1) is 5.10 Å². The fraction of sp³-hybridized carbons (Fsp3) is 0.636. The Hall–Kier alpha value is -1.34. The largest absolute Gasteiger partial charge is 0.312 e. The average molecular weight is 266 g/mol. The summed E-state index contributed by atoms with van der Waals surface area (Å²) in [5.74, 6) is 1.56. The Kier molecular flexibility index (Phi) is 4.38. The zero-order chi connectivity index (χ0) is 13.0. The van der Waals surface area contributed by atoms with Crippen LogP contribution in [-0.4, -0.2) is 31.4 Å². The van der Waals surface area contributed by atoms with E-state index in [4.69, 9.17) is 0 Å². The van der Waals surface area contributed by atoms with Crippen LogP contribution in [0.15, 0.2) is 12.5 Å². The van der Waals surface area contributed by atoms with Gasteiger partial charge in [0.05, 0.1) is 17.1 Å². The van der Waals surface area contributed by atoms with E-state index in [2.05, 4.69) is 38.8 Å². The summed E-state index contributed by atoms with van der Waals surface area (Å²) in [4.78, 5) is 5.46. The highest BCUT2D eigenvalue weighted by molar-refractivity contribution is 7.05. The van der Waals surface area contributed by atoms with E-state index in [0.717, 1.165) is 23.7 Å². The molecule has 0 saturated heterocycles. The van der Waals surface area contributed by atoms with E-state index in [1.165, 1.54) is 11.5 Å². The first-order valence-electron chi connectivity index (χ1n) is 6.02. The van der Waals surface area contributed by atoms with Crippen LogP contribution in [0.1, 0.15) is 30.6 Å². The van der Waals surface area contributed by atoms with Crippen molar-refractivity contribution in [1.82, 2.24) is 29.7 Å². The van der Waals surface area contributed by atoms with E-state index in [0.29, 0.717) is 5.92 Å². The molecule has 0 amide bonds. The molecular formula is C11H18N6S. The summed E-state index contributed by atoms with van der Waals surface area (Å²) in [5, 5.41) is 11.4. The number of rotatable bonds is 6. The van der Waals surface area contributed by atoms with Crippen LogP contribution in [0.3, 0.4) is 0 Å². The lowest BCUT2D eigenvalue weighted by atomic mass is 10.1. The molecule has 2 aromatic rings. The average Bonchev–Trinajstić information content (AvgIpc) is 2.96. The summed E-state index contributed by atoms with van der Waals surface area (Å²) >= 11 is 1.42. The van der Waals surface area contributed by atoms with Gasteiger partial charge in [0.25, 0.3) is 0 Å². The fourth-order valence-corrected chi connectivity index (χ4v) is 2.41. The van der Waals surface area contributed by atoms with Crippen molar-refractivity contribution in [2.24, 2.45) is 5.92 Å². The van der Waals surface area contributed by atoms with Gasteiger partial charge in [-0.25, -0.2) is 9.67 Å². The summed E-state index contributed by atoms with van der Waals surface area (Å²) in [7, 11) is 1.94. The standard InChI is InChI=1S/C11H18N6S/c1-8(2)6-17-11(13-7-15-17)4-9(12-3)10-5-14-16-18-10/h5,7-9,12H,4,6H2,1-3H3. The lowest BCUT2D eigenvalue weighted by Crippen LogP contribution is -2.21. The lowest BCUT2D eigenvalue weighted by molar-refractivity contribution is 0.452. The van der Waals surface area contributed by atoms with Gasteiger partial charge in [-0.05, 0) is 24.5 Å². The van der Waals surface area contributed by atoms with Gasteiger partial charge in [-0.1, -0.05) is 18.3 Å². The van der Waals surface area contributed by atoms with Crippen LogP contribution in [-0.2, 0) is 13.0 Å². The van der Waals surface area contributed by atoms with Crippen LogP contribution in [0.25, 0.3) is 0 Å². The summed E-state index contributed by atoms with van der Waals surface area (Å²) in [6.07, 6.45) is 4.22. The van der Waals surface area contributed by atoms with E-state index >= 15 is 0 Å². The maximum Gasteiger partial charge on any atom is 0.138 e. The number of nitrogens with zero attached hydrogens (tertiary/aromatic N) is 5. The van der Waals surface area contributed by atoms with Crippen LogP contribution < -0.4 is 5.32 Å². The number of aromatic nitrogens is 5. The molecule has 0 spiro atoms. The first-order valence-corrected chi connectivity index (χ1v) is 6.79. The van der Waals surface area contributed by atoms with Gasteiger partial charge in [0, 0.05) is 13.0 Å². The van der Waals surface area contributed by atoms with Crippen LogP contribution in [0, 0.1) is 5.92 Å². The molecule has 0 radical (unpaired) electrons. The molecule has 0 aliphatic rings. The number of likely N-dealkylation sites (N-methyl/N-ethyl adjacent to an activating group) is 1. The molecule has 0 bridgehead atoms. The molecule has 0 aliphatic carbocycles. The second-order valence-electron chi connectivity index (χ2n) is 4.62. The zero-order valence-corrected chi connectivity index (χ0v) is 11.7. The van der Waals surface area contributed by atoms with Crippen molar-refractivity contribution in [3.63, 3.8) is 0 Å². The summed E-state index contributed by atoms with van der Waals surface area (Å²) < 4.78 is 5.88. The van der Waals surface area contributed by atoms with E-state index in [9.17, 15) is 0 Å². The van der Waals surface area contributed by atoms with Gasteiger partial charge in [0.1, 0.15) is 12.2 Å². The molecule has 2 rings (SSSR count). The molecule has 7 heteroatoms. The molecule has 1 unspecified atom stereocenters. The SMILES string of the molecule is CNC(Cc1ncnn1CC(C)C)c1cnns1. The van der Waals surface area contributed by atoms with Gasteiger partial charge in [-0.3, -0.25) is 0 Å². The van der Waals surface area contributed by atoms with Crippen molar-refractivity contribution in [3.05, 3.63) is 23.2 Å². The molecule has 6 nitrogen and oxygen atoms in total. The van der Waals surface area contributed by atoms with Gasteiger partial charge < -0.3 is 5.32 Å². The second kappa shape index (κ2) is 6.01. The highest BCUT2D eigenvalue weighted by atomic mass is 32.1. The predicted molar refractivity (Wildman–Crippen MR) is 70.3 cm³/mol. The topological polar surface area (TPSA) is 68.5 Å². The molecule has 1 N–H and O–H groups in total. The number of hydrogen-bond donors (Lipinski definition) is 1. The molecule has 0 saturated carbocycles. The predicted octanol–water partition coefficient (Wildman–Crippen LogP) is 1.29. The molecule has 1 atom stereocenters. The Morgan fingerprint density at radius 3 is 2.89 bits per heavy atom. The van der Waals surface area contributed by atoms with E-state index < -0.39 is 0 Å². The van der Waals surface area contributed by atoms with E-state index in [-0.39, 0.29) is 6.04 Å². The van der Waals surface area contributed by atoms with E-state index in [1.54, 1.807) is 12.5 Å². The second-order valence-corrected chi connectivity index (χ2v) is 5.43. The molecule has 2 heterocycles. The van der Waals surface area contributed by atoms with Gasteiger partial charge in [0.2, 0.25) is 0 Å². The smallest absolute Gasteiger partial charge is 0.138 e. The summed E-state index contributed by atoms with van der Waals surface area (Å²) in [6, 6.07) is 0.195.